The summed E-state index contributed by atoms with van der Waals surface area (Å²) < 4.78 is 38.0. The van der Waals surface area contributed by atoms with Crippen molar-refractivity contribution in [3.63, 3.8) is 0 Å². The number of hydrogen-bond acceptors (Lipinski definition) is 2. The van der Waals surface area contributed by atoms with Crippen LogP contribution in [-0.4, -0.2) is 19.0 Å². The van der Waals surface area contributed by atoms with E-state index < -0.39 is 17.6 Å². The maximum Gasteiger partial charge on any atom is 0.416 e. The minimum atomic E-state index is -4.44. The molecule has 1 amide bonds. The molecule has 0 heterocycles. The van der Waals surface area contributed by atoms with Crippen LogP contribution in [0, 0.1) is 0 Å². The Morgan fingerprint density at radius 2 is 2.11 bits per heavy atom. The van der Waals surface area contributed by atoms with E-state index >= 15 is 0 Å². The first-order valence-electron chi connectivity index (χ1n) is 5.33. The van der Waals surface area contributed by atoms with Crippen LogP contribution in [0.15, 0.2) is 35.3 Å². The highest BCUT2D eigenvalue weighted by molar-refractivity contribution is 9.10. The zero-order chi connectivity index (χ0) is 14.5. The molecule has 1 aromatic rings. The van der Waals surface area contributed by atoms with Crippen LogP contribution in [0.3, 0.4) is 0 Å². The van der Waals surface area contributed by atoms with Gasteiger partial charge >= 0.3 is 6.18 Å². The van der Waals surface area contributed by atoms with Crippen molar-refractivity contribution in [1.29, 1.82) is 0 Å². The smallest absolute Gasteiger partial charge is 0.324 e. The third-order valence-electron chi connectivity index (χ3n) is 2.14. The Bertz CT molecular complexity index is 475. The summed E-state index contributed by atoms with van der Waals surface area (Å²) in [6, 6.07) is 3.07. The van der Waals surface area contributed by atoms with Gasteiger partial charge in [-0.25, -0.2) is 0 Å². The summed E-state index contributed by atoms with van der Waals surface area (Å²) in [4.78, 5) is 11.5. The van der Waals surface area contributed by atoms with Crippen LogP contribution < -0.4 is 10.6 Å². The molecule has 7 heteroatoms. The van der Waals surface area contributed by atoms with E-state index in [1.54, 1.807) is 6.08 Å². The van der Waals surface area contributed by atoms with E-state index in [0.717, 1.165) is 12.1 Å². The molecule has 0 aliphatic carbocycles. The molecule has 104 valence electrons. The van der Waals surface area contributed by atoms with E-state index in [1.165, 1.54) is 6.07 Å². The van der Waals surface area contributed by atoms with Gasteiger partial charge in [0.05, 0.1) is 17.8 Å². The lowest BCUT2D eigenvalue weighted by atomic mass is 10.2. The van der Waals surface area contributed by atoms with E-state index in [4.69, 9.17) is 0 Å². The van der Waals surface area contributed by atoms with Crippen LogP contribution in [0.5, 0.6) is 0 Å². The summed E-state index contributed by atoms with van der Waals surface area (Å²) in [5, 5.41) is 5.15. The van der Waals surface area contributed by atoms with Gasteiger partial charge in [-0.1, -0.05) is 6.08 Å². The maximum atomic E-state index is 12.5. The Balaban J connectivity index is 2.77. The van der Waals surface area contributed by atoms with Gasteiger partial charge < -0.3 is 10.6 Å². The standard InChI is InChI=1S/C12H12BrF3N2O/c1-2-5-17-7-11(19)18-10-6-8(12(14,15)16)3-4-9(10)13/h2-4,6,17H,1,5,7H2,(H,18,19). The Labute approximate surface area is 117 Å². The summed E-state index contributed by atoms with van der Waals surface area (Å²) in [7, 11) is 0. The molecular weight excluding hydrogens is 325 g/mol. The van der Waals surface area contributed by atoms with Crippen LogP contribution in [0.1, 0.15) is 5.56 Å². The molecule has 1 rings (SSSR count). The van der Waals surface area contributed by atoms with Crippen molar-refractivity contribution in [2.24, 2.45) is 0 Å². The third kappa shape index (κ3) is 5.04. The predicted molar refractivity (Wildman–Crippen MR) is 70.8 cm³/mol. The minimum Gasteiger partial charge on any atom is -0.324 e. The molecule has 0 unspecified atom stereocenters. The summed E-state index contributed by atoms with van der Waals surface area (Å²) in [5.74, 6) is -0.429. The first kappa shape index (κ1) is 15.7. The van der Waals surface area contributed by atoms with Gasteiger partial charge in [-0.15, -0.1) is 6.58 Å². The molecule has 0 spiro atoms. The van der Waals surface area contributed by atoms with Gasteiger partial charge in [0.2, 0.25) is 5.91 Å². The Morgan fingerprint density at radius 3 is 2.68 bits per heavy atom. The number of carbonyl (C=O) groups is 1. The number of rotatable bonds is 5. The van der Waals surface area contributed by atoms with Crippen molar-refractivity contribution >= 4 is 27.5 Å². The van der Waals surface area contributed by atoms with E-state index in [-0.39, 0.29) is 12.2 Å². The van der Waals surface area contributed by atoms with Gasteiger partial charge in [0, 0.05) is 11.0 Å². The van der Waals surface area contributed by atoms with E-state index in [0.29, 0.717) is 11.0 Å². The lowest BCUT2D eigenvalue weighted by molar-refractivity contribution is -0.137. The number of anilines is 1. The molecule has 0 radical (unpaired) electrons. The van der Waals surface area contributed by atoms with Crippen molar-refractivity contribution < 1.29 is 18.0 Å². The van der Waals surface area contributed by atoms with Gasteiger partial charge in [0.15, 0.2) is 0 Å². The molecule has 19 heavy (non-hydrogen) atoms. The molecule has 0 bridgehead atoms. The van der Waals surface area contributed by atoms with Crippen LogP contribution in [0.2, 0.25) is 0 Å². The number of halogens is 4. The van der Waals surface area contributed by atoms with Crippen molar-refractivity contribution in [3.8, 4) is 0 Å². The zero-order valence-electron chi connectivity index (χ0n) is 9.85. The summed E-state index contributed by atoms with van der Waals surface area (Å²) in [6.07, 6.45) is -2.87. The summed E-state index contributed by atoms with van der Waals surface area (Å²) in [6.45, 7) is 3.90. The molecule has 0 atom stereocenters. The Morgan fingerprint density at radius 1 is 1.42 bits per heavy atom. The van der Waals surface area contributed by atoms with Crippen molar-refractivity contribution in [2.75, 3.05) is 18.4 Å². The average molecular weight is 337 g/mol. The second-order valence-electron chi connectivity index (χ2n) is 3.66. The molecule has 0 saturated heterocycles. The van der Waals surface area contributed by atoms with Crippen LogP contribution in [-0.2, 0) is 11.0 Å². The molecule has 0 aliphatic heterocycles. The van der Waals surface area contributed by atoms with Crippen molar-refractivity contribution in [2.45, 2.75) is 6.18 Å². The van der Waals surface area contributed by atoms with Crippen molar-refractivity contribution in [3.05, 3.63) is 40.9 Å². The van der Waals surface area contributed by atoms with Crippen LogP contribution in [0.25, 0.3) is 0 Å². The topological polar surface area (TPSA) is 41.1 Å². The van der Waals surface area contributed by atoms with Gasteiger partial charge in [0.25, 0.3) is 0 Å². The van der Waals surface area contributed by atoms with Crippen LogP contribution >= 0.6 is 15.9 Å². The number of nitrogens with one attached hydrogen (secondary N) is 2. The van der Waals surface area contributed by atoms with E-state index in [1.807, 2.05) is 0 Å². The number of carbonyl (C=O) groups excluding carboxylic acids is 1. The minimum absolute atomic E-state index is 0.00525. The molecule has 0 saturated carbocycles. The number of hydrogen-bond donors (Lipinski definition) is 2. The molecule has 3 nitrogen and oxygen atoms in total. The summed E-state index contributed by atoms with van der Waals surface area (Å²) >= 11 is 3.09. The molecule has 0 aromatic heterocycles. The van der Waals surface area contributed by atoms with E-state index in [2.05, 4.69) is 33.1 Å². The second-order valence-corrected chi connectivity index (χ2v) is 4.51. The molecule has 1 aromatic carbocycles. The Hall–Kier alpha value is -1.34. The SMILES string of the molecule is C=CCNCC(=O)Nc1cc(C(F)(F)F)ccc1Br. The zero-order valence-corrected chi connectivity index (χ0v) is 11.4. The van der Waals surface area contributed by atoms with Gasteiger partial charge in [-0.2, -0.15) is 13.2 Å². The fraction of sp³-hybridized carbons (Fsp3) is 0.250. The van der Waals surface area contributed by atoms with E-state index in [9.17, 15) is 18.0 Å². The highest BCUT2D eigenvalue weighted by Crippen LogP contribution is 2.33. The second kappa shape index (κ2) is 6.72. The first-order chi connectivity index (χ1) is 8.84. The normalized spacial score (nSPS) is 11.2. The Kier molecular flexibility index (Phi) is 5.56. The monoisotopic (exact) mass is 336 g/mol. The third-order valence-corrected chi connectivity index (χ3v) is 2.83. The largest absolute Gasteiger partial charge is 0.416 e. The molecular formula is C12H12BrF3N2O. The predicted octanol–water partition coefficient (Wildman–Crippen LogP) is 3.18. The lowest BCUT2D eigenvalue weighted by Gasteiger charge is -2.12. The highest BCUT2D eigenvalue weighted by Gasteiger charge is 2.31. The number of alkyl halides is 3. The molecule has 0 fully saturated rings. The fourth-order valence-electron chi connectivity index (χ4n) is 1.28. The lowest BCUT2D eigenvalue weighted by Crippen LogP contribution is -2.28. The number of amides is 1. The maximum absolute atomic E-state index is 12.5. The molecule has 2 N–H and O–H groups in total. The highest BCUT2D eigenvalue weighted by atomic mass is 79.9. The fourth-order valence-corrected chi connectivity index (χ4v) is 1.63. The van der Waals surface area contributed by atoms with Gasteiger partial charge in [-0.05, 0) is 34.1 Å². The van der Waals surface area contributed by atoms with Gasteiger partial charge in [0.1, 0.15) is 0 Å². The number of benzene rings is 1. The molecule has 0 aliphatic rings. The quantitative estimate of drug-likeness (QED) is 0.640. The summed E-state index contributed by atoms with van der Waals surface area (Å²) in [5.41, 5.74) is -0.731. The van der Waals surface area contributed by atoms with Gasteiger partial charge in [-0.3, -0.25) is 4.79 Å². The van der Waals surface area contributed by atoms with Crippen molar-refractivity contribution in [1.82, 2.24) is 5.32 Å². The average Bonchev–Trinajstić information content (AvgIpc) is 2.31. The van der Waals surface area contributed by atoms with Crippen LogP contribution in [0.4, 0.5) is 18.9 Å². The first-order valence-corrected chi connectivity index (χ1v) is 6.12.